The lowest BCUT2D eigenvalue weighted by molar-refractivity contribution is 0.247. The van der Waals surface area contributed by atoms with E-state index in [4.69, 9.17) is 9.47 Å². The van der Waals surface area contributed by atoms with E-state index in [-0.39, 0.29) is 0 Å². The molecular formula is C14H23NO2. The standard InChI is InChI=1S/C14H23NO2/c1-4-10-16-13-8-6-7-9-14(13)17-11-12(3)15-5-2/h6-9,12,15H,4-5,10-11H2,1-3H3. The van der Waals surface area contributed by atoms with Gasteiger partial charge in [-0.1, -0.05) is 26.0 Å². The summed E-state index contributed by atoms with van der Waals surface area (Å²) in [5, 5.41) is 3.31. The second kappa shape index (κ2) is 7.96. The largest absolute Gasteiger partial charge is 0.490 e. The topological polar surface area (TPSA) is 30.5 Å². The summed E-state index contributed by atoms with van der Waals surface area (Å²) < 4.78 is 11.4. The zero-order valence-electron chi connectivity index (χ0n) is 11.0. The van der Waals surface area contributed by atoms with Gasteiger partial charge in [0, 0.05) is 6.04 Å². The maximum absolute atomic E-state index is 5.76. The number of benzene rings is 1. The van der Waals surface area contributed by atoms with Crippen molar-refractivity contribution in [1.29, 1.82) is 0 Å². The smallest absolute Gasteiger partial charge is 0.161 e. The summed E-state index contributed by atoms with van der Waals surface area (Å²) in [6.45, 7) is 8.63. The van der Waals surface area contributed by atoms with Gasteiger partial charge in [0.15, 0.2) is 11.5 Å². The summed E-state index contributed by atoms with van der Waals surface area (Å²) in [6, 6.07) is 8.17. The fraction of sp³-hybridized carbons (Fsp3) is 0.571. The van der Waals surface area contributed by atoms with Crippen LogP contribution >= 0.6 is 0 Å². The number of hydrogen-bond donors (Lipinski definition) is 1. The number of nitrogens with one attached hydrogen (secondary N) is 1. The van der Waals surface area contributed by atoms with Gasteiger partial charge in [-0.15, -0.1) is 0 Å². The summed E-state index contributed by atoms with van der Waals surface area (Å²) in [5.74, 6) is 1.66. The number of para-hydroxylation sites is 2. The van der Waals surface area contributed by atoms with Crippen molar-refractivity contribution in [3.8, 4) is 11.5 Å². The van der Waals surface area contributed by atoms with Crippen LogP contribution in [0, 0.1) is 0 Å². The number of hydrogen-bond acceptors (Lipinski definition) is 3. The Balaban J connectivity index is 2.51. The molecule has 1 aromatic carbocycles. The molecule has 1 atom stereocenters. The van der Waals surface area contributed by atoms with E-state index in [1.807, 2.05) is 24.3 Å². The van der Waals surface area contributed by atoms with Gasteiger partial charge in [-0.2, -0.15) is 0 Å². The molecule has 1 aromatic rings. The van der Waals surface area contributed by atoms with E-state index in [0.717, 1.165) is 31.1 Å². The Morgan fingerprint density at radius 3 is 2.35 bits per heavy atom. The highest BCUT2D eigenvalue weighted by molar-refractivity contribution is 5.39. The first-order chi connectivity index (χ1) is 8.27. The second-order valence-corrected chi connectivity index (χ2v) is 4.06. The van der Waals surface area contributed by atoms with Gasteiger partial charge in [0.25, 0.3) is 0 Å². The Labute approximate surface area is 104 Å². The normalized spacial score (nSPS) is 12.2. The van der Waals surface area contributed by atoms with Crippen molar-refractivity contribution in [1.82, 2.24) is 5.32 Å². The fourth-order valence-corrected chi connectivity index (χ4v) is 1.52. The van der Waals surface area contributed by atoms with E-state index < -0.39 is 0 Å². The fourth-order valence-electron chi connectivity index (χ4n) is 1.52. The van der Waals surface area contributed by atoms with Gasteiger partial charge >= 0.3 is 0 Å². The minimum atomic E-state index is 0.347. The zero-order chi connectivity index (χ0) is 12.5. The lowest BCUT2D eigenvalue weighted by Gasteiger charge is -2.16. The molecule has 96 valence electrons. The number of ether oxygens (including phenoxy) is 2. The van der Waals surface area contributed by atoms with Crippen LogP contribution in [-0.2, 0) is 0 Å². The Morgan fingerprint density at radius 1 is 1.12 bits per heavy atom. The summed E-state index contributed by atoms with van der Waals surface area (Å²) in [7, 11) is 0. The maximum Gasteiger partial charge on any atom is 0.161 e. The Kier molecular flexibility index (Phi) is 6.48. The van der Waals surface area contributed by atoms with Crippen LogP contribution in [0.5, 0.6) is 11.5 Å². The molecule has 0 aromatic heterocycles. The number of likely N-dealkylation sites (N-methyl/N-ethyl adjacent to an activating group) is 1. The van der Waals surface area contributed by atoms with E-state index >= 15 is 0 Å². The van der Waals surface area contributed by atoms with Crippen molar-refractivity contribution in [2.24, 2.45) is 0 Å². The summed E-state index contributed by atoms with van der Waals surface area (Å²) in [6.07, 6.45) is 1.00. The van der Waals surface area contributed by atoms with Gasteiger partial charge in [-0.25, -0.2) is 0 Å². The second-order valence-electron chi connectivity index (χ2n) is 4.06. The number of rotatable bonds is 8. The third kappa shape index (κ3) is 5.09. The highest BCUT2D eigenvalue weighted by atomic mass is 16.5. The van der Waals surface area contributed by atoms with Gasteiger partial charge in [-0.05, 0) is 32.0 Å². The third-order valence-corrected chi connectivity index (χ3v) is 2.35. The van der Waals surface area contributed by atoms with Crippen LogP contribution in [0.3, 0.4) is 0 Å². The average molecular weight is 237 g/mol. The van der Waals surface area contributed by atoms with Crippen LogP contribution in [0.2, 0.25) is 0 Å². The summed E-state index contributed by atoms with van der Waals surface area (Å²) in [4.78, 5) is 0. The lowest BCUT2D eigenvalue weighted by atomic mass is 10.3. The quantitative estimate of drug-likeness (QED) is 0.754. The maximum atomic E-state index is 5.76. The van der Waals surface area contributed by atoms with E-state index in [1.54, 1.807) is 0 Å². The molecule has 0 fully saturated rings. The minimum Gasteiger partial charge on any atom is -0.490 e. The Hall–Kier alpha value is -1.22. The van der Waals surface area contributed by atoms with Gasteiger partial charge in [-0.3, -0.25) is 0 Å². The Morgan fingerprint density at radius 2 is 1.76 bits per heavy atom. The average Bonchev–Trinajstić information content (AvgIpc) is 2.35. The molecule has 0 spiro atoms. The molecule has 0 aliphatic carbocycles. The van der Waals surface area contributed by atoms with E-state index in [1.165, 1.54) is 0 Å². The molecule has 3 nitrogen and oxygen atoms in total. The molecule has 0 aliphatic heterocycles. The lowest BCUT2D eigenvalue weighted by Crippen LogP contribution is -2.31. The minimum absolute atomic E-state index is 0.347. The van der Waals surface area contributed by atoms with Gasteiger partial charge in [0.1, 0.15) is 6.61 Å². The molecule has 0 heterocycles. The molecule has 0 saturated heterocycles. The van der Waals surface area contributed by atoms with Crippen molar-refractivity contribution >= 4 is 0 Å². The van der Waals surface area contributed by atoms with Crippen molar-refractivity contribution in [3.63, 3.8) is 0 Å². The van der Waals surface area contributed by atoms with Gasteiger partial charge in [0.2, 0.25) is 0 Å². The highest BCUT2D eigenvalue weighted by Gasteiger charge is 2.06. The van der Waals surface area contributed by atoms with Crippen molar-refractivity contribution in [2.45, 2.75) is 33.2 Å². The van der Waals surface area contributed by atoms with Crippen LogP contribution in [0.1, 0.15) is 27.2 Å². The molecule has 0 amide bonds. The first-order valence-corrected chi connectivity index (χ1v) is 6.35. The third-order valence-electron chi connectivity index (χ3n) is 2.35. The molecule has 0 aliphatic rings. The molecule has 1 N–H and O–H groups in total. The predicted molar refractivity (Wildman–Crippen MR) is 70.9 cm³/mol. The monoisotopic (exact) mass is 237 g/mol. The van der Waals surface area contributed by atoms with E-state index in [2.05, 4.69) is 26.1 Å². The van der Waals surface area contributed by atoms with Crippen LogP contribution < -0.4 is 14.8 Å². The first-order valence-electron chi connectivity index (χ1n) is 6.35. The van der Waals surface area contributed by atoms with Crippen LogP contribution in [0.25, 0.3) is 0 Å². The SMILES string of the molecule is CCCOc1ccccc1OCC(C)NCC. The molecule has 1 unspecified atom stereocenters. The molecule has 0 bridgehead atoms. The molecule has 0 radical (unpaired) electrons. The first kappa shape index (κ1) is 13.8. The van der Waals surface area contributed by atoms with Crippen LogP contribution in [0.15, 0.2) is 24.3 Å². The molecule has 0 saturated carbocycles. The molecule has 17 heavy (non-hydrogen) atoms. The van der Waals surface area contributed by atoms with Crippen LogP contribution in [-0.4, -0.2) is 25.8 Å². The van der Waals surface area contributed by atoms with Crippen molar-refractivity contribution < 1.29 is 9.47 Å². The molecule has 1 rings (SSSR count). The van der Waals surface area contributed by atoms with E-state index in [9.17, 15) is 0 Å². The zero-order valence-corrected chi connectivity index (χ0v) is 11.0. The summed E-state index contributed by atoms with van der Waals surface area (Å²) >= 11 is 0. The van der Waals surface area contributed by atoms with Crippen molar-refractivity contribution in [3.05, 3.63) is 24.3 Å². The molecule has 3 heteroatoms. The van der Waals surface area contributed by atoms with Crippen molar-refractivity contribution in [2.75, 3.05) is 19.8 Å². The Bertz CT molecular complexity index is 315. The van der Waals surface area contributed by atoms with E-state index in [0.29, 0.717) is 12.6 Å². The van der Waals surface area contributed by atoms with Crippen LogP contribution in [0.4, 0.5) is 0 Å². The predicted octanol–water partition coefficient (Wildman–Crippen LogP) is 2.85. The van der Waals surface area contributed by atoms with Gasteiger partial charge < -0.3 is 14.8 Å². The highest BCUT2D eigenvalue weighted by Crippen LogP contribution is 2.26. The summed E-state index contributed by atoms with van der Waals surface area (Å²) in [5.41, 5.74) is 0. The molecular weight excluding hydrogens is 214 g/mol. The van der Waals surface area contributed by atoms with Gasteiger partial charge in [0.05, 0.1) is 6.61 Å².